The van der Waals surface area contributed by atoms with Crippen LogP contribution in [0.2, 0.25) is 0 Å². The van der Waals surface area contributed by atoms with Crippen molar-refractivity contribution in [3.05, 3.63) is 60.6 Å². The van der Waals surface area contributed by atoms with E-state index in [1.165, 1.54) is 24.4 Å². The van der Waals surface area contributed by atoms with E-state index in [2.05, 4.69) is 10.1 Å². The van der Waals surface area contributed by atoms with Crippen LogP contribution in [0.4, 0.5) is 8.78 Å². The lowest BCUT2D eigenvalue weighted by molar-refractivity contribution is 0.584. The zero-order valence-electron chi connectivity index (χ0n) is 12.2. The largest absolute Gasteiger partial charge is 0.303 e. The summed E-state index contributed by atoms with van der Waals surface area (Å²) in [6.45, 7) is 0. The highest BCUT2D eigenvalue weighted by molar-refractivity contribution is 5.80. The van der Waals surface area contributed by atoms with Gasteiger partial charge in [0.05, 0.1) is 6.20 Å². The van der Waals surface area contributed by atoms with Gasteiger partial charge in [0.25, 0.3) is 0 Å². The quantitative estimate of drug-likeness (QED) is 0.697. The SMILES string of the molecule is CN(C)n1cc(-c2ccnc(F)c2)c(-c2ccc(F)cc2)n1. The van der Waals surface area contributed by atoms with E-state index >= 15 is 0 Å². The molecule has 2 heterocycles. The molecule has 2 aromatic heterocycles. The van der Waals surface area contributed by atoms with Crippen LogP contribution in [0.5, 0.6) is 0 Å². The summed E-state index contributed by atoms with van der Waals surface area (Å²) in [6, 6.07) is 9.12. The van der Waals surface area contributed by atoms with Crippen LogP contribution in [0.1, 0.15) is 0 Å². The van der Waals surface area contributed by atoms with E-state index in [1.807, 2.05) is 14.1 Å². The Labute approximate surface area is 126 Å². The predicted molar refractivity (Wildman–Crippen MR) is 80.9 cm³/mol. The molecule has 0 atom stereocenters. The predicted octanol–water partition coefficient (Wildman–Crippen LogP) is 3.09. The van der Waals surface area contributed by atoms with E-state index in [-0.39, 0.29) is 5.82 Å². The molecule has 0 spiro atoms. The van der Waals surface area contributed by atoms with Crippen LogP contribution in [0, 0.1) is 11.8 Å². The second-order valence-corrected chi connectivity index (χ2v) is 5.03. The van der Waals surface area contributed by atoms with Gasteiger partial charge in [0.2, 0.25) is 5.95 Å². The van der Waals surface area contributed by atoms with Crippen molar-refractivity contribution in [1.29, 1.82) is 0 Å². The molecule has 0 radical (unpaired) electrons. The Morgan fingerprint density at radius 2 is 1.73 bits per heavy atom. The van der Waals surface area contributed by atoms with Crippen LogP contribution in [0.25, 0.3) is 22.4 Å². The molecule has 112 valence electrons. The van der Waals surface area contributed by atoms with Crippen LogP contribution in [-0.4, -0.2) is 29.0 Å². The van der Waals surface area contributed by atoms with E-state index in [0.717, 1.165) is 11.1 Å². The van der Waals surface area contributed by atoms with Crippen molar-refractivity contribution < 1.29 is 8.78 Å². The number of pyridine rings is 1. The maximum absolute atomic E-state index is 13.4. The third kappa shape index (κ3) is 2.67. The van der Waals surface area contributed by atoms with Gasteiger partial charge < -0.3 is 5.01 Å². The van der Waals surface area contributed by atoms with Gasteiger partial charge in [0.15, 0.2) is 0 Å². The van der Waals surface area contributed by atoms with Crippen LogP contribution in [-0.2, 0) is 0 Å². The first-order valence-electron chi connectivity index (χ1n) is 6.70. The highest BCUT2D eigenvalue weighted by atomic mass is 19.1. The second kappa shape index (κ2) is 5.55. The van der Waals surface area contributed by atoms with Gasteiger partial charge in [-0.25, -0.2) is 9.37 Å². The Kier molecular flexibility index (Phi) is 3.58. The summed E-state index contributed by atoms with van der Waals surface area (Å²) in [5.74, 6) is -0.868. The van der Waals surface area contributed by atoms with Gasteiger partial charge in [0, 0.05) is 37.5 Å². The Bertz CT molecular complexity index is 794. The molecule has 0 aliphatic carbocycles. The molecule has 22 heavy (non-hydrogen) atoms. The maximum Gasteiger partial charge on any atom is 0.213 e. The van der Waals surface area contributed by atoms with Crippen molar-refractivity contribution in [3.63, 3.8) is 0 Å². The highest BCUT2D eigenvalue weighted by Gasteiger charge is 2.15. The number of nitrogens with zero attached hydrogens (tertiary/aromatic N) is 4. The minimum atomic E-state index is -0.555. The fourth-order valence-corrected chi connectivity index (χ4v) is 2.17. The summed E-state index contributed by atoms with van der Waals surface area (Å²) >= 11 is 0. The Hall–Kier alpha value is -2.76. The highest BCUT2D eigenvalue weighted by Crippen LogP contribution is 2.31. The molecule has 0 aliphatic rings. The van der Waals surface area contributed by atoms with Crippen LogP contribution >= 0.6 is 0 Å². The van der Waals surface area contributed by atoms with Gasteiger partial charge in [-0.3, -0.25) is 0 Å². The molecular weight excluding hydrogens is 286 g/mol. The summed E-state index contributed by atoms with van der Waals surface area (Å²) < 4.78 is 26.5. The Morgan fingerprint density at radius 1 is 1.00 bits per heavy atom. The first-order valence-corrected chi connectivity index (χ1v) is 6.70. The molecule has 0 aliphatic heterocycles. The number of hydrogen-bond acceptors (Lipinski definition) is 3. The minimum Gasteiger partial charge on any atom is -0.303 e. The number of aromatic nitrogens is 3. The summed E-state index contributed by atoms with van der Waals surface area (Å²) in [7, 11) is 3.69. The van der Waals surface area contributed by atoms with Gasteiger partial charge in [0.1, 0.15) is 11.5 Å². The topological polar surface area (TPSA) is 34.0 Å². The van der Waals surface area contributed by atoms with Crippen LogP contribution in [0.3, 0.4) is 0 Å². The molecule has 3 aromatic rings. The van der Waals surface area contributed by atoms with E-state index in [0.29, 0.717) is 11.3 Å². The zero-order chi connectivity index (χ0) is 15.7. The van der Waals surface area contributed by atoms with Crippen molar-refractivity contribution in [2.45, 2.75) is 0 Å². The van der Waals surface area contributed by atoms with Gasteiger partial charge in [-0.05, 0) is 35.9 Å². The average molecular weight is 300 g/mol. The van der Waals surface area contributed by atoms with Gasteiger partial charge in [-0.15, -0.1) is 0 Å². The maximum atomic E-state index is 13.4. The number of halogens is 2. The van der Waals surface area contributed by atoms with E-state index in [4.69, 9.17) is 0 Å². The summed E-state index contributed by atoms with van der Waals surface area (Å²) in [5.41, 5.74) is 2.83. The molecule has 0 N–H and O–H groups in total. The zero-order valence-corrected chi connectivity index (χ0v) is 12.2. The van der Waals surface area contributed by atoms with Crippen molar-refractivity contribution in [3.8, 4) is 22.4 Å². The third-order valence-corrected chi connectivity index (χ3v) is 3.27. The monoisotopic (exact) mass is 300 g/mol. The molecule has 6 heteroatoms. The van der Waals surface area contributed by atoms with Crippen molar-refractivity contribution in [1.82, 2.24) is 14.9 Å². The number of rotatable bonds is 3. The standard InChI is InChI=1S/C16H14F2N4/c1-21(2)22-10-14(12-7-8-19-15(18)9-12)16(20-22)11-3-5-13(17)6-4-11/h3-10H,1-2H3. The summed E-state index contributed by atoms with van der Waals surface area (Å²) in [4.78, 5) is 5.21. The lowest BCUT2D eigenvalue weighted by atomic mass is 10.0. The molecule has 0 fully saturated rings. The van der Waals surface area contributed by atoms with Crippen molar-refractivity contribution in [2.75, 3.05) is 19.1 Å². The number of hydrogen-bond donors (Lipinski definition) is 0. The van der Waals surface area contributed by atoms with Crippen LogP contribution in [0.15, 0.2) is 48.8 Å². The second-order valence-electron chi connectivity index (χ2n) is 5.03. The average Bonchev–Trinajstić information content (AvgIpc) is 2.93. The summed E-state index contributed by atoms with van der Waals surface area (Å²) in [5, 5.41) is 6.28. The molecule has 0 saturated heterocycles. The fraction of sp³-hybridized carbons (Fsp3) is 0.125. The lowest BCUT2D eigenvalue weighted by Crippen LogP contribution is -2.25. The third-order valence-electron chi connectivity index (χ3n) is 3.27. The van der Waals surface area contributed by atoms with Gasteiger partial charge in [-0.1, -0.05) is 0 Å². The molecule has 4 nitrogen and oxygen atoms in total. The molecular formula is C16H14F2N4. The Morgan fingerprint density at radius 3 is 2.36 bits per heavy atom. The first kappa shape index (κ1) is 14.2. The Balaban J connectivity index is 2.18. The smallest absolute Gasteiger partial charge is 0.213 e. The molecule has 0 amide bonds. The van der Waals surface area contributed by atoms with Crippen LogP contribution < -0.4 is 5.01 Å². The normalized spacial score (nSPS) is 10.7. The van der Waals surface area contributed by atoms with E-state index in [9.17, 15) is 8.78 Å². The van der Waals surface area contributed by atoms with E-state index in [1.54, 1.807) is 34.2 Å². The molecule has 0 unspecified atom stereocenters. The van der Waals surface area contributed by atoms with Crippen molar-refractivity contribution in [2.24, 2.45) is 0 Å². The molecule has 0 bridgehead atoms. The lowest BCUT2D eigenvalue weighted by Gasteiger charge is -2.10. The molecule has 3 rings (SSSR count). The van der Waals surface area contributed by atoms with Gasteiger partial charge >= 0.3 is 0 Å². The van der Waals surface area contributed by atoms with Crippen molar-refractivity contribution >= 4 is 0 Å². The first-order chi connectivity index (χ1) is 10.5. The fourth-order valence-electron chi connectivity index (χ4n) is 2.17. The minimum absolute atomic E-state index is 0.313. The van der Waals surface area contributed by atoms with E-state index < -0.39 is 5.95 Å². The van der Waals surface area contributed by atoms with Gasteiger partial charge in [-0.2, -0.15) is 14.3 Å². The molecule has 1 aromatic carbocycles. The summed E-state index contributed by atoms with van der Waals surface area (Å²) in [6.07, 6.45) is 3.21. The molecule has 0 saturated carbocycles. The number of benzene rings is 1.